The average Bonchev–Trinajstić information content (AvgIpc) is 2.33. The maximum atomic E-state index is 11.4. The van der Waals surface area contributed by atoms with Crippen molar-refractivity contribution in [1.29, 1.82) is 0 Å². The van der Waals surface area contributed by atoms with Crippen LogP contribution in [0.3, 0.4) is 0 Å². The molecule has 1 aromatic carbocycles. The SMILES string of the molecule is COc1ccccc1Cn1cccnc1=O. The largest absolute Gasteiger partial charge is 0.496 e. The Labute approximate surface area is 93.1 Å². The minimum atomic E-state index is -0.256. The fraction of sp³-hybridized carbons (Fsp3) is 0.167. The van der Waals surface area contributed by atoms with Crippen molar-refractivity contribution >= 4 is 0 Å². The molecule has 0 unspecified atom stereocenters. The topological polar surface area (TPSA) is 44.1 Å². The lowest BCUT2D eigenvalue weighted by Crippen LogP contribution is -2.22. The minimum Gasteiger partial charge on any atom is -0.496 e. The van der Waals surface area contributed by atoms with Crippen LogP contribution in [0.5, 0.6) is 5.75 Å². The smallest absolute Gasteiger partial charge is 0.347 e. The summed E-state index contributed by atoms with van der Waals surface area (Å²) in [6.45, 7) is 0.469. The molecule has 2 aromatic rings. The van der Waals surface area contributed by atoms with E-state index < -0.39 is 0 Å². The number of benzene rings is 1. The van der Waals surface area contributed by atoms with Crippen LogP contribution >= 0.6 is 0 Å². The van der Waals surface area contributed by atoms with Crippen molar-refractivity contribution in [3.8, 4) is 5.75 Å². The van der Waals surface area contributed by atoms with Gasteiger partial charge < -0.3 is 4.74 Å². The Hall–Kier alpha value is -2.10. The lowest BCUT2D eigenvalue weighted by molar-refractivity contribution is 0.408. The fourth-order valence-electron chi connectivity index (χ4n) is 1.52. The van der Waals surface area contributed by atoms with E-state index >= 15 is 0 Å². The summed E-state index contributed by atoms with van der Waals surface area (Å²) in [7, 11) is 1.62. The molecule has 0 fully saturated rings. The second-order valence-electron chi connectivity index (χ2n) is 3.34. The molecule has 0 aliphatic rings. The first-order chi connectivity index (χ1) is 7.81. The van der Waals surface area contributed by atoms with Crippen LogP contribution in [0, 0.1) is 0 Å². The summed E-state index contributed by atoms with van der Waals surface area (Å²) < 4.78 is 6.76. The molecule has 4 nitrogen and oxygen atoms in total. The molecular formula is C12H12N2O2. The third kappa shape index (κ3) is 2.11. The number of methoxy groups -OCH3 is 1. The van der Waals surface area contributed by atoms with Gasteiger partial charge in [-0.1, -0.05) is 18.2 Å². The van der Waals surface area contributed by atoms with E-state index in [1.807, 2.05) is 24.3 Å². The van der Waals surface area contributed by atoms with Crippen molar-refractivity contribution in [2.45, 2.75) is 6.54 Å². The summed E-state index contributed by atoms with van der Waals surface area (Å²) >= 11 is 0. The summed E-state index contributed by atoms with van der Waals surface area (Å²) in [5, 5.41) is 0. The van der Waals surface area contributed by atoms with Crippen LogP contribution in [0.4, 0.5) is 0 Å². The highest BCUT2D eigenvalue weighted by molar-refractivity contribution is 5.33. The van der Waals surface area contributed by atoms with Gasteiger partial charge in [-0.25, -0.2) is 9.78 Å². The van der Waals surface area contributed by atoms with Crippen LogP contribution in [-0.2, 0) is 6.54 Å². The second kappa shape index (κ2) is 4.61. The maximum absolute atomic E-state index is 11.4. The lowest BCUT2D eigenvalue weighted by atomic mass is 10.2. The highest BCUT2D eigenvalue weighted by Crippen LogP contribution is 2.17. The van der Waals surface area contributed by atoms with Crippen LogP contribution in [0.25, 0.3) is 0 Å². The zero-order valence-corrected chi connectivity index (χ0v) is 8.96. The first-order valence-corrected chi connectivity index (χ1v) is 4.94. The van der Waals surface area contributed by atoms with Crippen molar-refractivity contribution in [2.75, 3.05) is 7.11 Å². The molecule has 1 heterocycles. The van der Waals surface area contributed by atoms with Crippen LogP contribution in [0.15, 0.2) is 47.5 Å². The van der Waals surface area contributed by atoms with Gasteiger partial charge in [0.25, 0.3) is 0 Å². The molecule has 0 saturated carbocycles. The number of para-hydroxylation sites is 1. The van der Waals surface area contributed by atoms with Gasteiger partial charge in [0.05, 0.1) is 13.7 Å². The van der Waals surface area contributed by atoms with Gasteiger partial charge in [-0.2, -0.15) is 0 Å². The Morgan fingerprint density at radius 1 is 1.31 bits per heavy atom. The Morgan fingerprint density at radius 2 is 2.12 bits per heavy atom. The van der Waals surface area contributed by atoms with Crippen molar-refractivity contribution in [2.24, 2.45) is 0 Å². The van der Waals surface area contributed by atoms with E-state index in [0.29, 0.717) is 6.54 Å². The minimum absolute atomic E-state index is 0.256. The molecule has 82 valence electrons. The molecular weight excluding hydrogens is 204 g/mol. The van der Waals surface area contributed by atoms with Gasteiger partial charge in [0.15, 0.2) is 0 Å². The quantitative estimate of drug-likeness (QED) is 0.776. The highest BCUT2D eigenvalue weighted by atomic mass is 16.5. The summed E-state index contributed by atoms with van der Waals surface area (Å²) in [5.41, 5.74) is 0.702. The molecule has 0 aliphatic heterocycles. The van der Waals surface area contributed by atoms with E-state index in [9.17, 15) is 4.79 Å². The van der Waals surface area contributed by atoms with Crippen molar-refractivity contribution in [3.05, 3.63) is 58.8 Å². The summed E-state index contributed by atoms with van der Waals surface area (Å²) in [6.07, 6.45) is 3.20. The third-order valence-corrected chi connectivity index (χ3v) is 2.32. The Bertz CT molecular complexity index is 534. The second-order valence-corrected chi connectivity index (χ2v) is 3.34. The number of aromatic nitrogens is 2. The first-order valence-electron chi connectivity index (χ1n) is 4.94. The van der Waals surface area contributed by atoms with E-state index in [1.165, 1.54) is 10.8 Å². The van der Waals surface area contributed by atoms with Gasteiger partial charge in [-0.15, -0.1) is 0 Å². The third-order valence-electron chi connectivity index (χ3n) is 2.32. The molecule has 0 atom stereocenters. The number of rotatable bonds is 3. The highest BCUT2D eigenvalue weighted by Gasteiger charge is 2.03. The molecule has 0 spiro atoms. The number of ether oxygens (including phenoxy) is 1. The Morgan fingerprint density at radius 3 is 2.88 bits per heavy atom. The monoisotopic (exact) mass is 216 g/mol. The van der Waals surface area contributed by atoms with Crippen molar-refractivity contribution in [3.63, 3.8) is 0 Å². The van der Waals surface area contributed by atoms with Crippen LogP contribution in [0.2, 0.25) is 0 Å². The molecule has 0 amide bonds. The molecule has 2 rings (SSSR count). The number of hydrogen-bond acceptors (Lipinski definition) is 3. The summed E-state index contributed by atoms with van der Waals surface area (Å²) in [4.78, 5) is 15.1. The molecule has 0 N–H and O–H groups in total. The average molecular weight is 216 g/mol. The van der Waals surface area contributed by atoms with E-state index in [1.54, 1.807) is 19.4 Å². The van der Waals surface area contributed by atoms with E-state index in [-0.39, 0.29) is 5.69 Å². The zero-order chi connectivity index (χ0) is 11.4. The molecule has 1 aromatic heterocycles. The van der Waals surface area contributed by atoms with Crippen molar-refractivity contribution in [1.82, 2.24) is 9.55 Å². The molecule has 16 heavy (non-hydrogen) atoms. The normalized spacial score (nSPS) is 10.1. The molecule has 0 radical (unpaired) electrons. The molecule has 0 bridgehead atoms. The Balaban J connectivity index is 2.34. The fourth-order valence-corrected chi connectivity index (χ4v) is 1.52. The maximum Gasteiger partial charge on any atom is 0.347 e. The van der Waals surface area contributed by atoms with Crippen molar-refractivity contribution < 1.29 is 4.74 Å². The van der Waals surface area contributed by atoms with E-state index in [0.717, 1.165) is 11.3 Å². The van der Waals surface area contributed by atoms with Gasteiger partial charge in [-0.05, 0) is 12.1 Å². The van der Waals surface area contributed by atoms with Gasteiger partial charge in [0, 0.05) is 18.0 Å². The van der Waals surface area contributed by atoms with Gasteiger partial charge in [0.1, 0.15) is 5.75 Å². The summed E-state index contributed by atoms with van der Waals surface area (Å²) in [6, 6.07) is 9.35. The number of hydrogen-bond donors (Lipinski definition) is 0. The number of nitrogens with zero attached hydrogens (tertiary/aromatic N) is 2. The lowest BCUT2D eigenvalue weighted by Gasteiger charge is -2.09. The zero-order valence-electron chi connectivity index (χ0n) is 8.96. The van der Waals surface area contributed by atoms with Gasteiger partial charge in [0.2, 0.25) is 0 Å². The molecule has 4 heteroatoms. The predicted molar refractivity (Wildman–Crippen MR) is 60.6 cm³/mol. The summed E-state index contributed by atoms with van der Waals surface area (Å²) in [5.74, 6) is 0.776. The molecule has 0 aliphatic carbocycles. The molecule has 0 saturated heterocycles. The van der Waals surface area contributed by atoms with E-state index in [2.05, 4.69) is 4.98 Å². The van der Waals surface area contributed by atoms with Crippen LogP contribution in [0.1, 0.15) is 5.56 Å². The standard InChI is InChI=1S/C12H12N2O2/c1-16-11-6-3-2-5-10(11)9-14-8-4-7-13-12(14)15/h2-8H,9H2,1H3. The Kier molecular flexibility index (Phi) is 3.00. The van der Waals surface area contributed by atoms with E-state index in [4.69, 9.17) is 4.74 Å². The first kappa shape index (κ1) is 10.4. The predicted octanol–water partition coefficient (Wildman–Crippen LogP) is 1.30. The van der Waals surface area contributed by atoms with Crippen LogP contribution in [-0.4, -0.2) is 16.7 Å². The van der Waals surface area contributed by atoms with Gasteiger partial charge in [-0.3, -0.25) is 4.57 Å². The van der Waals surface area contributed by atoms with Gasteiger partial charge >= 0.3 is 5.69 Å². The van der Waals surface area contributed by atoms with Crippen LogP contribution < -0.4 is 10.4 Å².